The third-order valence-corrected chi connectivity index (χ3v) is 7.38. The fourth-order valence-corrected chi connectivity index (χ4v) is 5.21. The third kappa shape index (κ3) is 6.92. The zero-order valence-electron chi connectivity index (χ0n) is 24.5. The van der Waals surface area contributed by atoms with Gasteiger partial charge in [-0.05, 0) is 40.2 Å². The van der Waals surface area contributed by atoms with Crippen LogP contribution >= 0.6 is 0 Å². The Balaban J connectivity index is 1.16. The Morgan fingerprint density at radius 3 is 2.48 bits per heavy atom. The van der Waals surface area contributed by atoms with Crippen LogP contribution in [0.25, 0.3) is 11.6 Å². The molecule has 2 aromatic heterocycles. The lowest BCUT2D eigenvalue weighted by molar-refractivity contribution is 0.0142. The molecule has 1 fully saturated rings. The molecule has 224 valence electrons. The van der Waals surface area contributed by atoms with Crippen molar-refractivity contribution in [2.24, 2.45) is 0 Å². The summed E-state index contributed by atoms with van der Waals surface area (Å²) in [6.45, 7) is 11.7. The van der Waals surface area contributed by atoms with E-state index in [4.69, 9.17) is 9.47 Å². The Labute approximate surface area is 244 Å². The number of piperazine rings is 1. The van der Waals surface area contributed by atoms with Crippen molar-refractivity contribution < 1.29 is 23.0 Å². The van der Waals surface area contributed by atoms with Crippen molar-refractivity contribution in [2.45, 2.75) is 52.2 Å². The molecule has 5 rings (SSSR count). The molecule has 12 heteroatoms. The number of halogens is 2. The van der Waals surface area contributed by atoms with Gasteiger partial charge in [-0.3, -0.25) is 4.90 Å². The van der Waals surface area contributed by atoms with Crippen LogP contribution in [0, 0.1) is 11.6 Å². The maximum atomic E-state index is 14.7. The fourth-order valence-electron chi connectivity index (χ4n) is 5.21. The number of nitrogens with zero attached hydrogens (tertiary/aromatic N) is 7. The van der Waals surface area contributed by atoms with E-state index in [1.54, 1.807) is 35.6 Å². The summed E-state index contributed by atoms with van der Waals surface area (Å²) in [4.78, 5) is 35.8. The van der Waals surface area contributed by atoms with Crippen LogP contribution in [0.3, 0.4) is 0 Å². The van der Waals surface area contributed by atoms with Gasteiger partial charge in [0.05, 0.1) is 18.3 Å². The van der Waals surface area contributed by atoms with Crippen molar-refractivity contribution in [1.29, 1.82) is 0 Å². The van der Waals surface area contributed by atoms with Crippen molar-refractivity contribution in [3.8, 4) is 17.4 Å². The van der Waals surface area contributed by atoms with Gasteiger partial charge in [0.25, 0.3) is 0 Å². The number of amides is 1. The molecule has 1 amide bonds. The fraction of sp³-hybridized carbons (Fsp3) is 0.500. The second-order valence-corrected chi connectivity index (χ2v) is 11.5. The van der Waals surface area contributed by atoms with Gasteiger partial charge >= 0.3 is 6.09 Å². The molecule has 0 spiro atoms. The van der Waals surface area contributed by atoms with Crippen LogP contribution in [0.2, 0.25) is 0 Å². The number of fused-ring (bicyclic) bond motifs is 1. The van der Waals surface area contributed by atoms with Gasteiger partial charge in [0.2, 0.25) is 5.82 Å². The molecule has 1 saturated heterocycles. The maximum absolute atomic E-state index is 14.7. The van der Waals surface area contributed by atoms with E-state index in [0.29, 0.717) is 49.8 Å². The van der Waals surface area contributed by atoms with Gasteiger partial charge in [-0.2, -0.15) is 4.39 Å². The first-order valence-corrected chi connectivity index (χ1v) is 14.3. The Morgan fingerprint density at radius 2 is 1.76 bits per heavy atom. The topological polar surface area (TPSA) is 96.8 Å². The number of carbonyl (C=O) groups excluding carboxylic acids is 1. The lowest BCUT2D eigenvalue weighted by Gasteiger charge is -2.36. The largest absolute Gasteiger partial charge is 0.490 e. The van der Waals surface area contributed by atoms with Gasteiger partial charge < -0.3 is 19.3 Å². The molecule has 0 radical (unpaired) electrons. The highest BCUT2D eigenvalue weighted by molar-refractivity contribution is 5.68. The third-order valence-electron chi connectivity index (χ3n) is 7.38. The Hall–Kier alpha value is -3.93. The molecule has 2 aliphatic rings. The van der Waals surface area contributed by atoms with E-state index < -0.39 is 17.2 Å². The van der Waals surface area contributed by atoms with Crippen LogP contribution in [0.15, 0.2) is 36.8 Å². The minimum absolute atomic E-state index is 0.106. The summed E-state index contributed by atoms with van der Waals surface area (Å²) in [6.07, 6.45) is 6.00. The molecule has 0 aliphatic carbocycles. The number of hydrogen-bond acceptors (Lipinski definition) is 9. The average molecular weight is 582 g/mol. The number of benzene rings is 1. The predicted octanol–water partition coefficient (Wildman–Crippen LogP) is 4.66. The molecule has 1 aromatic carbocycles. The second kappa shape index (κ2) is 12.5. The van der Waals surface area contributed by atoms with E-state index in [-0.39, 0.29) is 24.5 Å². The zero-order valence-corrected chi connectivity index (χ0v) is 24.5. The Bertz CT molecular complexity index is 1400. The smallest absolute Gasteiger partial charge is 0.410 e. The minimum Gasteiger partial charge on any atom is -0.490 e. The van der Waals surface area contributed by atoms with Gasteiger partial charge in [-0.1, -0.05) is 0 Å². The summed E-state index contributed by atoms with van der Waals surface area (Å²) in [7, 11) is 0. The molecule has 1 atom stereocenters. The van der Waals surface area contributed by atoms with Crippen LogP contribution < -0.4 is 9.64 Å². The summed E-state index contributed by atoms with van der Waals surface area (Å²) < 4.78 is 40.6. The van der Waals surface area contributed by atoms with Crippen molar-refractivity contribution in [3.63, 3.8) is 0 Å². The molecule has 0 N–H and O–H groups in total. The summed E-state index contributed by atoms with van der Waals surface area (Å²) >= 11 is 0. The molecule has 2 aliphatic heterocycles. The normalized spacial score (nSPS) is 17.6. The highest BCUT2D eigenvalue weighted by Gasteiger charge is 2.29. The van der Waals surface area contributed by atoms with Gasteiger partial charge in [0.15, 0.2) is 23.2 Å². The molecule has 10 nitrogen and oxygen atoms in total. The van der Waals surface area contributed by atoms with Crippen molar-refractivity contribution >= 4 is 11.8 Å². The first-order valence-electron chi connectivity index (χ1n) is 14.3. The highest BCUT2D eigenvalue weighted by Crippen LogP contribution is 2.36. The highest BCUT2D eigenvalue weighted by atomic mass is 19.2. The van der Waals surface area contributed by atoms with E-state index >= 15 is 0 Å². The van der Waals surface area contributed by atoms with Crippen LogP contribution in [-0.2, 0) is 11.2 Å². The van der Waals surface area contributed by atoms with Crippen LogP contribution in [-0.4, -0.2) is 87.3 Å². The van der Waals surface area contributed by atoms with Crippen molar-refractivity contribution in [2.75, 3.05) is 50.8 Å². The Morgan fingerprint density at radius 1 is 1.02 bits per heavy atom. The number of anilines is 1. The van der Waals surface area contributed by atoms with E-state index in [2.05, 4.69) is 24.8 Å². The monoisotopic (exact) mass is 581 g/mol. The van der Waals surface area contributed by atoms with Gasteiger partial charge in [0, 0.05) is 87.7 Å². The predicted molar refractivity (Wildman–Crippen MR) is 153 cm³/mol. The maximum Gasteiger partial charge on any atom is 0.410 e. The number of aromatic nitrogens is 4. The molecule has 0 saturated carbocycles. The number of rotatable bonds is 7. The van der Waals surface area contributed by atoms with Crippen LogP contribution in [0.5, 0.6) is 5.75 Å². The summed E-state index contributed by atoms with van der Waals surface area (Å²) in [5, 5.41) is 0. The van der Waals surface area contributed by atoms with E-state index in [1.165, 1.54) is 6.07 Å². The quantitative estimate of drug-likeness (QED) is 0.369. The molecule has 1 unspecified atom stereocenters. The van der Waals surface area contributed by atoms with Gasteiger partial charge in [-0.25, -0.2) is 29.1 Å². The second-order valence-electron chi connectivity index (χ2n) is 11.5. The average Bonchev–Trinajstić information content (AvgIpc) is 2.97. The number of carbonyl (C=O) groups is 1. The van der Waals surface area contributed by atoms with Crippen molar-refractivity contribution in [3.05, 3.63) is 59.7 Å². The molecule has 0 bridgehead atoms. The van der Waals surface area contributed by atoms with Crippen molar-refractivity contribution in [1.82, 2.24) is 29.7 Å². The van der Waals surface area contributed by atoms with Crippen LogP contribution in [0.1, 0.15) is 51.4 Å². The summed E-state index contributed by atoms with van der Waals surface area (Å²) in [5.74, 6) is -1.13. The SMILES string of the molecule is CC1c2cnc(-c3ncccn3)nc2CCN1c1cc(F)c(F)c(OCCCN2CCN(C(=O)OC(C)(C)C)CC2)c1. The summed E-state index contributed by atoms with van der Waals surface area (Å²) in [5.41, 5.74) is 1.82. The molecule has 4 heterocycles. The lowest BCUT2D eigenvalue weighted by Crippen LogP contribution is -2.50. The van der Waals surface area contributed by atoms with Gasteiger partial charge in [0.1, 0.15) is 5.60 Å². The first kappa shape index (κ1) is 29.6. The van der Waals surface area contributed by atoms with E-state index in [0.717, 1.165) is 30.9 Å². The van der Waals surface area contributed by atoms with E-state index in [9.17, 15) is 13.6 Å². The zero-order chi connectivity index (χ0) is 29.9. The molecular formula is C30H37F2N7O3. The number of ether oxygens (including phenoxy) is 2. The molecule has 3 aromatic rings. The first-order chi connectivity index (χ1) is 20.1. The van der Waals surface area contributed by atoms with Gasteiger partial charge in [-0.15, -0.1) is 0 Å². The standard InChI is InChI=1S/C30H37F2N7O3/c1-20-22-19-35-28(27-33-8-5-9-34-27)36-24(22)7-11-39(20)21-17-23(31)26(32)25(18-21)41-16-6-10-37-12-14-38(15-13-37)29(40)42-30(2,3)4/h5,8-9,17-20H,6-7,10-16H2,1-4H3. The summed E-state index contributed by atoms with van der Waals surface area (Å²) in [6, 6.07) is 4.35. The number of hydrogen-bond donors (Lipinski definition) is 0. The van der Waals surface area contributed by atoms with Crippen LogP contribution in [0.4, 0.5) is 19.3 Å². The van der Waals surface area contributed by atoms with E-state index in [1.807, 2.05) is 32.6 Å². The minimum atomic E-state index is -0.995. The lowest BCUT2D eigenvalue weighted by atomic mass is 9.98. The molecular weight excluding hydrogens is 544 g/mol. The Kier molecular flexibility index (Phi) is 8.81. The molecule has 42 heavy (non-hydrogen) atoms.